The van der Waals surface area contributed by atoms with Crippen LogP contribution in [0.1, 0.15) is 0 Å². The normalized spacial score (nSPS) is 9.75. The van der Waals surface area contributed by atoms with Crippen molar-refractivity contribution in [2.24, 2.45) is 5.73 Å². The van der Waals surface area contributed by atoms with Crippen LogP contribution in [0.15, 0.2) is 12.3 Å². The number of nitrogens with zero attached hydrogens (tertiary/aromatic N) is 2. The van der Waals surface area contributed by atoms with Crippen molar-refractivity contribution in [1.82, 2.24) is 9.78 Å². The predicted molar refractivity (Wildman–Crippen MR) is 42.5 cm³/mol. The highest BCUT2D eigenvalue weighted by atomic mass is 16.3. The molecule has 0 atom stereocenters. The first-order valence-corrected chi connectivity index (χ1v) is 3.43. The number of carbonyl (C=O) groups excluding carboxylic acids is 1. The number of amides is 2. The number of aliphatic hydroxyl groups excluding tert-OH is 1. The Kier molecular flexibility index (Phi) is 2.65. The van der Waals surface area contributed by atoms with Gasteiger partial charge in [0.15, 0.2) is 0 Å². The average molecular weight is 170 g/mol. The third-order valence-corrected chi connectivity index (χ3v) is 1.28. The van der Waals surface area contributed by atoms with Gasteiger partial charge in [0, 0.05) is 6.07 Å². The number of nitrogens with one attached hydrogen (secondary N) is 1. The number of urea groups is 1. The lowest BCUT2D eigenvalue weighted by molar-refractivity contribution is 0.258. The molecule has 1 rings (SSSR count). The summed E-state index contributed by atoms with van der Waals surface area (Å²) in [5.41, 5.74) is 4.90. The molecule has 6 heteroatoms. The van der Waals surface area contributed by atoms with Crippen molar-refractivity contribution in [2.75, 3.05) is 11.9 Å². The van der Waals surface area contributed by atoms with E-state index in [1.807, 2.05) is 0 Å². The predicted octanol–water partition coefficient (Wildman–Crippen LogP) is -0.634. The van der Waals surface area contributed by atoms with Crippen LogP contribution < -0.4 is 11.1 Å². The molecule has 0 aromatic carbocycles. The van der Waals surface area contributed by atoms with Gasteiger partial charge in [-0.05, 0) is 0 Å². The molecule has 4 N–H and O–H groups in total. The average Bonchev–Trinajstić information content (AvgIpc) is 2.37. The van der Waals surface area contributed by atoms with E-state index in [1.165, 1.54) is 10.9 Å². The van der Waals surface area contributed by atoms with Gasteiger partial charge < -0.3 is 10.8 Å². The van der Waals surface area contributed by atoms with E-state index in [0.717, 1.165) is 0 Å². The first kappa shape index (κ1) is 8.54. The van der Waals surface area contributed by atoms with Gasteiger partial charge in [-0.15, -0.1) is 0 Å². The van der Waals surface area contributed by atoms with Crippen molar-refractivity contribution in [2.45, 2.75) is 6.54 Å². The van der Waals surface area contributed by atoms with E-state index >= 15 is 0 Å². The van der Waals surface area contributed by atoms with Gasteiger partial charge >= 0.3 is 6.03 Å². The molecule has 0 radical (unpaired) electrons. The molecular formula is C6H10N4O2. The Morgan fingerprint density at radius 3 is 3.17 bits per heavy atom. The van der Waals surface area contributed by atoms with Gasteiger partial charge in [-0.2, -0.15) is 5.10 Å². The molecule has 0 fully saturated rings. The van der Waals surface area contributed by atoms with Crippen LogP contribution >= 0.6 is 0 Å². The maximum Gasteiger partial charge on any atom is 0.317 e. The first-order valence-electron chi connectivity index (χ1n) is 3.43. The summed E-state index contributed by atoms with van der Waals surface area (Å²) in [5, 5.41) is 14.8. The second-order valence-electron chi connectivity index (χ2n) is 2.15. The second kappa shape index (κ2) is 3.72. The van der Waals surface area contributed by atoms with E-state index < -0.39 is 6.03 Å². The molecule has 0 bridgehead atoms. The van der Waals surface area contributed by atoms with E-state index in [9.17, 15) is 4.79 Å². The monoisotopic (exact) mass is 170 g/mol. The Bertz CT molecular complexity index is 270. The Labute approximate surface area is 69.0 Å². The summed E-state index contributed by atoms with van der Waals surface area (Å²) in [7, 11) is 0. The third-order valence-electron chi connectivity index (χ3n) is 1.28. The van der Waals surface area contributed by atoms with Gasteiger partial charge in [0.2, 0.25) is 0 Å². The number of primary amides is 1. The SMILES string of the molecule is NC(=O)Nc1ccnn1CCO. The molecule has 0 spiro atoms. The van der Waals surface area contributed by atoms with Crippen LogP contribution in [-0.4, -0.2) is 27.5 Å². The molecule has 66 valence electrons. The maximum absolute atomic E-state index is 10.4. The Morgan fingerprint density at radius 2 is 2.58 bits per heavy atom. The number of aromatic nitrogens is 2. The zero-order chi connectivity index (χ0) is 8.97. The van der Waals surface area contributed by atoms with Gasteiger partial charge in [0.25, 0.3) is 0 Å². The molecular weight excluding hydrogens is 160 g/mol. The van der Waals surface area contributed by atoms with Gasteiger partial charge in [-0.3, -0.25) is 5.32 Å². The largest absolute Gasteiger partial charge is 0.394 e. The van der Waals surface area contributed by atoms with Crippen molar-refractivity contribution < 1.29 is 9.90 Å². The molecule has 0 unspecified atom stereocenters. The van der Waals surface area contributed by atoms with E-state index in [2.05, 4.69) is 10.4 Å². The summed E-state index contributed by atoms with van der Waals surface area (Å²) in [6.45, 7) is 0.303. The highest BCUT2D eigenvalue weighted by Crippen LogP contribution is 2.04. The molecule has 0 saturated carbocycles. The first-order chi connectivity index (χ1) is 5.74. The number of hydrogen-bond donors (Lipinski definition) is 3. The molecule has 0 aliphatic carbocycles. The molecule has 1 aromatic rings. The maximum atomic E-state index is 10.4. The molecule has 0 saturated heterocycles. The molecule has 12 heavy (non-hydrogen) atoms. The second-order valence-corrected chi connectivity index (χ2v) is 2.15. The minimum absolute atomic E-state index is 0.0326. The topological polar surface area (TPSA) is 93.2 Å². The highest BCUT2D eigenvalue weighted by molar-refractivity contribution is 5.86. The van der Waals surface area contributed by atoms with Gasteiger partial charge in [-0.25, -0.2) is 9.48 Å². The lowest BCUT2D eigenvalue weighted by atomic mass is 10.6. The fraction of sp³-hybridized carbons (Fsp3) is 0.333. The van der Waals surface area contributed by atoms with Crippen molar-refractivity contribution in [3.8, 4) is 0 Å². The Hall–Kier alpha value is -1.56. The fourth-order valence-electron chi connectivity index (χ4n) is 0.838. The smallest absolute Gasteiger partial charge is 0.317 e. The van der Waals surface area contributed by atoms with Crippen LogP contribution in [0, 0.1) is 0 Å². The van der Waals surface area contributed by atoms with Crippen LogP contribution in [0.25, 0.3) is 0 Å². The summed E-state index contributed by atoms with van der Waals surface area (Å²) in [4.78, 5) is 10.4. The van der Waals surface area contributed by atoms with Gasteiger partial charge in [0.05, 0.1) is 19.3 Å². The molecule has 0 aliphatic rings. The molecule has 0 aliphatic heterocycles. The highest BCUT2D eigenvalue weighted by Gasteiger charge is 2.02. The van der Waals surface area contributed by atoms with Gasteiger partial charge in [-0.1, -0.05) is 0 Å². The summed E-state index contributed by atoms with van der Waals surface area (Å²) in [6.07, 6.45) is 1.51. The summed E-state index contributed by atoms with van der Waals surface area (Å²) in [6, 6.07) is 0.954. The Balaban J connectivity index is 2.69. The lowest BCUT2D eigenvalue weighted by Crippen LogP contribution is -2.22. The van der Waals surface area contributed by atoms with Crippen molar-refractivity contribution in [3.05, 3.63) is 12.3 Å². The number of rotatable bonds is 3. The standard InChI is InChI=1S/C6H10N4O2/c7-6(12)9-5-1-2-8-10(5)3-4-11/h1-2,11H,3-4H2,(H3,7,9,12). The number of hydrogen-bond acceptors (Lipinski definition) is 3. The fourth-order valence-corrected chi connectivity index (χ4v) is 0.838. The minimum atomic E-state index is -0.644. The van der Waals surface area contributed by atoms with Crippen LogP contribution in [-0.2, 0) is 6.54 Å². The van der Waals surface area contributed by atoms with Crippen molar-refractivity contribution in [3.63, 3.8) is 0 Å². The molecule has 6 nitrogen and oxygen atoms in total. The van der Waals surface area contributed by atoms with E-state index in [4.69, 9.17) is 10.8 Å². The molecule has 2 amide bonds. The molecule has 1 aromatic heterocycles. The van der Waals surface area contributed by atoms with Crippen LogP contribution in [0.4, 0.5) is 10.6 Å². The number of carbonyl (C=O) groups is 1. The van der Waals surface area contributed by atoms with Gasteiger partial charge in [0.1, 0.15) is 5.82 Å². The number of nitrogens with two attached hydrogens (primary N) is 1. The van der Waals surface area contributed by atoms with E-state index in [-0.39, 0.29) is 6.61 Å². The summed E-state index contributed by atoms with van der Waals surface area (Å²) < 4.78 is 1.45. The quantitative estimate of drug-likeness (QED) is 0.563. The Morgan fingerprint density at radius 1 is 1.83 bits per heavy atom. The third kappa shape index (κ3) is 1.96. The number of anilines is 1. The van der Waals surface area contributed by atoms with Crippen molar-refractivity contribution >= 4 is 11.8 Å². The van der Waals surface area contributed by atoms with Crippen LogP contribution in [0.5, 0.6) is 0 Å². The zero-order valence-electron chi connectivity index (χ0n) is 6.40. The summed E-state index contributed by atoms with van der Waals surface area (Å²) in [5.74, 6) is 0.483. The van der Waals surface area contributed by atoms with E-state index in [0.29, 0.717) is 12.4 Å². The summed E-state index contributed by atoms with van der Waals surface area (Å²) >= 11 is 0. The minimum Gasteiger partial charge on any atom is -0.394 e. The van der Waals surface area contributed by atoms with Crippen LogP contribution in [0.2, 0.25) is 0 Å². The van der Waals surface area contributed by atoms with Crippen LogP contribution in [0.3, 0.4) is 0 Å². The van der Waals surface area contributed by atoms with E-state index in [1.54, 1.807) is 6.07 Å². The molecule has 1 heterocycles. The zero-order valence-corrected chi connectivity index (χ0v) is 6.40. The number of aliphatic hydroxyl groups is 1. The lowest BCUT2D eigenvalue weighted by Gasteiger charge is -2.04. The van der Waals surface area contributed by atoms with Crippen molar-refractivity contribution in [1.29, 1.82) is 0 Å².